The van der Waals surface area contributed by atoms with Crippen molar-refractivity contribution in [1.29, 1.82) is 0 Å². The molecule has 0 unspecified atom stereocenters. The lowest BCUT2D eigenvalue weighted by atomic mass is 10.2. The Bertz CT molecular complexity index is 783. The van der Waals surface area contributed by atoms with Gasteiger partial charge in [-0.05, 0) is 49.2 Å². The van der Waals surface area contributed by atoms with Gasteiger partial charge in [-0.2, -0.15) is 8.78 Å². The summed E-state index contributed by atoms with van der Waals surface area (Å²) >= 11 is 0. The number of ether oxygens (including phenoxy) is 3. The lowest BCUT2D eigenvalue weighted by Crippen LogP contribution is -2.36. The normalized spacial score (nSPS) is 11.3. The van der Waals surface area contributed by atoms with Crippen molar-refractivity contribution in [2.45, 2.75) is 33.5 Å². The topological polar surface area (TPSA) is 64.1 Å². The van der Waals surface area contributed by atoms with Gasteiger partial charge in [0, 0.05) is 13.1 Å². The van der Waals surface area contributed by atoms with Gasteiger partial charge in [-0.25, -0.2) is 4.99 Å². The van der Waals surface area contributed by atoms with E-state index in [1.165, 1.54) is 6.07 Å². The number of benzene rings is 2. The fourth-order valence-electron chi connectivity index (χ4n) is 2.55. The predicted octanol–water partition coefficient (Wildman–Crippen LogP) is 3.95. The summed E-state index contributed by atoms with van der Waals surface area (Å²) in [7, 11) is 1.63. The van der Waals surface area contributed by atoms with Gasteiger partial charge in [-0.1, -0.05) is 18.2 Å². The van der Waals surface area contributed by atoms with E-state index in [2.05, 4.69) is 20.4 Å². The minimum atomic E-state index is -2.90. The molecular formula is C21H27F2N3O3. The van der Waals surface area contributed by atoms with Crippen LogP contribution in [0.5, 0.6) is 17.2 Å². The van der Waals surface area contributed by atoms with Crippen LogP contribution in [0, 0.1) is 0 Å². The molecule has 2 aromatic carbocycles. The lowest BCUT2D eigenvalue weighted by Gasteiger charge is -2.13. The van der Waals surface area contributed by atoms with Crippen molar-refractivity contribution in [3.63, 3.8) is 0 Å². The molecule has 0 fully saturated rings. The van der Waals surface area contributed by atoms with Crippen LogP contribution < -0.4 is 24.8 Å². The molecule has 2 rings (SSSR count). The van der Waals surface area contributed by atoms with E-state index in [1.54, 1.807) is 26.2 Å². The zero-order valence-corrected chi connectivity index (χ0v) is 16.9. The Morgan fingerprint density at radius 2 is 1.72 bits per heavy atom. The van der Waals surface area contributed by atoms with Gasteiger partial charge in [-0.15, -0.1) is 0 Å². The Kier molecular flexibility index (Phi) is 9.01. The molecule has 0 aliphatic heterocycles. The summed E-state index contributed by atoms with van der Waals surface area (Å²) in [6.45, 7) is 2.87. The third-order valence-electron chi connectivity index (χ3n) is 3.91. The van der Waals surface area contributed by atoms with E-state index < -0.39 is 6.61 Å². The van der Waals surface area contributed by atoms with Crippen molar-refractivity contribution < 1.29 is 23.0 Å². The van der Waals surface area contributed by atoms with Crippen molar-refractivity contribution in [3.05, 3.63) is 53.6 Å². The number of methoxy groups -OCH3 is 1. The zero-order valence-electron chi connectivity index (χ0n) is 16.9. The molecule has 0 aliphatic rings. The summed E-state index contributed by atoms with van der Waals surface area (Å²) in [5.41, 5.74) is 1.90. The van der Waals surface area contributed by atoms with Crippen molar-refractivity contribution >= 4 is 5.96 Å². The number of halogens is 2. The molecule has 29 heavy (non-hydrogen) atoms. The molecule has 0 aliphatic carbocycles. The molecule has 6 nitrogen and oxygen atoms in total. The van der Waals surface area contributed by atoms with Gasteiger partial charge in [-0.3, -0.25) is 0 Å². The summed E-state index contributed by atoms with van der Waals surface area (Å²) in [5, 5.41) is 6.45. The molecule has 8 heteroatoms. The monoisotopic (exact) mass is 407 g/mol. The van der Waals surface area contributed by atoms with Gasteiger partial charge in [0.2, 0.25) is 0 Å². The molecule has 0 spiro atoms. The van der Waals surface area contributed by atoms with Crippen molar-refractivity contribution in [2.24, 2.45) is 4.99 Å². The smallest absolute Gasteiger partial charge is 0.387 e. The number of hydrogen-bond donors (Lipinski definition) is 2. The van der Waals surface area contributed by atoms with Gasteiger partial charge < -0.3 is 24.8 Å². The molecule has 2 aromatic rings. The van der Waals surface area contributed by atoms with Crippen LogP contribution >= 0.6 is 0 Å². The Labute approximate surface area is 169 Å². The molecule has 158 valence electrons. The van der Waals surface area contributed by atoms with Crippen LogP contribution in [0.3, 0.4) is 0 Å². The zero-order chi connectivity index (χ0) is 21.1. The largest absolute Gasteiger partial charge is 0.497 e. The fraction of sp³-hybridized carbons (Fsp3) is 0.381. The number of rotatable bonds is 10. The molecular weight excluding hydrogens is 380 g/mol. The van der Waals surface area contributed by atoms with E-state index >= 15 is 0 Å². The molecule has 0 radical (unpaired) electrons. The maximum absolute atomic E-state index is 12.5. The highest BCUT2D eigenvalue weighted by Gasteiger charge is 2.11. The quantitative estimate of drug-likeness (QED) is 0.461. The van der Waals surface area contributed by atoms with Gasteiger partial charge >= 0.3 is 6.61 Å². The molecule has 2 N–H and O–H groups in total. The second kappa shape index (κ2) is 11.7. The first kappa shape index (κ1) is 22.3. The minimum absolute atomic E-state index is 0.0131. The maximum atomic E-state index is 12.5. The van der Waals surface area contributed by atoms with Crippen molar-refractivity contribution in [3.8, 4) is 17.2 Å². The van der Waals surface area contributed by atoms with Crippen LogP contribution in [0.2, 0.25) is 0 Å². The summed E-state index contributed by atoms with van der Waals surface area (Å²) < 4.78 is 40.1. The summed E-state index contributed by atoms with van der Waals surface area (Å²) in [5.74, 6) is 1.74. The first-order valence-electron chi connectivity index (χ1n) is 9.41. The van der Waals surface area contributed by atoms with Crippen LogP contribution in [-0.2, 0) is 13.1 Å². The number of nitrogens with one attached hydrogen (secondary N) is 2. The van der Waals surface area contributed by atoms with E-state index in [1.807, 2.05) is 31.2 Å². The van der Waals surface area contributed by atoms with Crippen molar-refractivity contribution in [1.82, 2.24) is 10.6 Å². The van der Waals surface area contributed by atoms with Crippen LogP contribution in [0.4, 0.5) is 8.78 Å². The van der Waals surface area contributed by atoms with E-state index in [0.29, 0.717) is 32.2 Å². The van der Waals surface area contributed by atoms with Gasteiger partial charge in [0.05, 0.1) is 20.3 Å². The number of aliphatic imine (C=N–C) groups is 1. The second-order valence-electron chi connectivity index (χ2n) is 5.99. The number of guanidine groups is 1. The molecule has 0 saturated heterocycles. The van der Waals surface area contributed by atoms with Crippen LogP contribution in [-0.4, -0.2) is 32.8 Å². The Balaban J connectivity index is 2.05. The molecule has 0 bridgehead atoms. The molecule has 0 heterocycles. The SMILES string of the molecule is CCNC(=NCc1ccc(OC(F)F)c(OCC)c1)NCc1ccc(OC)cc1. The Morgan fingerprint density at radius 1 is 1.00 bits per heavy atom. The average molecular weight is 407 g/mol. The predicted molar refractivity (Wildman–Crippen MR) is 109 cm³/mol. The molecule has 0 saturated carbocycles. The number of alkyl halides is 2. The van der Waals surface area contributed by atoms with Gasteiger partial charge in [0.1, 0.15) is 5.75 Å². The molecule has 0 amide bonds. The average Bonchev–Trinajstić information content (AvgIpc) is 2.72. The first-order valence-corrected chi connectivity index (χ1v) is 9.41. The Morgan fingerprint density at radius 3 is 2.34 bits per heavy atom. The number of nitrogens with zero attached hydrogens (tertiary/aromatic N) is 1. The summed E-state index contributed by atoms with van der Waals surface area (Å²) in [6, 6.07) is 12.6. The summed E-state index contributed by atoms with van der Waals surface area (Å²) in [6.07, 6.45) is 0. The highest BCUT2D eigenvalue weighted by molar-refractivity contribution is 5.79. The second-order valence-corrected chi connectivity index (χ2v) is 5.99. The Hall–Kier alpha value is -3.03. The summed E-state index contributed by atoms with van der Waals surface area (Å²) in [4.78, 5) is 4.55. The van der Waals surface area contributed by atoms with E-state index in [-0.39, 0.29) is 11.5 Å². The van der Waals surface area contributed by atoms with E-state index in [4.69, 9.17) is 9.47 Å². The first-order chi connectivity index (χ1) is 14.0. The third kappa shape index (κ3) is 7.48. The van der Waals surface area contributed by atoms with Crippen molar-refractivity contribution in [2.75, 3.05) is 20.3 Å². The minimum Gasteiger partial charge on any atom is -0.497 e. The van der Waals surface area contributed by atoms with E-state index in [0.717, 1.165) is 16.9 Å². The lowest BCUT2D eigenvalue weighted by molar-refractivity contribution is -0.0514. The third-order valence-corrected chi connectivity index (χ3v) is 3.91. The van der Waals surface area contributed by atoms with Crippen LogP contribution in [0.25, 0.3) is 0 Å². The standard InChI is InChI=1S/C21H27F2N3O3/c1-4-24-21(25-13-15-6-9-17(27-3)10-7-15)26-14-16-8-11-18(29-20(22)23)19(12-16)28-5-2/h6-12,20H,4-5,13-14H2,1-3H3,(H2,24,25,26). The van der Waals surface area contributed by atoms with Gasteiger partial charge in [0.25, 0.3) is 0 Å². The highest BCUT2D eigenvalue weighted by atomic mass is 19.3. The number of hydrogen-bond acceptors (Lipinski definition) is 4. The molecule has 0 aromatic heterocycles. The van der Waals surface area contributed by atoms with Crippen LogP contribution in [0.1, 0.15) is 25.0 Å². The molecule has 0 atom stereocenters. The fourth-order valence-corrected chi connectivity index (χ4v) is 2.55. The van der Waals surface area contributed by atoms with Gasteiger partial charge in [0.15, 0.2) is 17.5 Å². The van der Waals surface area contributed by atoms with E-state index in [9.17, 15) is 8.78 Å². The maximum Gasteiger partial charge on any atom is 0.387 e. The highest BCUT2D eigenvalue weighted by Crippen LogP contribution is 2.30. The van der Waals surface area contributed by atoms with Crippen LogP contribution in [0.15, 0.2) is 47.5 Å².